The molecule has 0 radical (unpaired) electrons. The highest BCUT2D eigenvalue weighted by Crippen LogP contribution is 2.20. The van der Waals surface area contributed by atoms with Crippen LogP contribution in [-0.4, -0.2) is 28.1 Å². The van der Waals surface area contributed by atoms with Crippen molar-refractivity contribution < 1.29 is 8.42 Å². The van der Waals surface area contributed by atoms with Crippen LogP contribution in [-0.2, 0) is 10.0 Å². The van der Waals surface area contributed by atoms with Crippen LogP contribution in [0.25, 0.3) is 0 Å². The lowest BCUT2D eigenvalue weighted by Crippen LogP contribution is -2.26. The van der Waals surface area contributed by atoms with Gasteiger partial charge < -0.3 is 5.32 Å². The molecule has 4 nitrogen and oxygen atoms in total. The molecule has 1 aliphatic heterocycles. The van der Waals surface area contributed by atoms with Gasteiger partial charge in [-0.1, -0.05) is 22.0 Å². The molecular weight excluding hydrogens is 328 g/mol. The van der Waals surface area contributed by atoms with E-state index in [0.717, 1.165) is 36.0 Å². The molecule has 0 bridgehead atoms. The summed E-state index contributed by atoms with van der Waals surface area (Å²) in [5, 5.41) is 3.28. The minimum atomic E-state index is -3.39. The maximum Gasteiger partial charge on any atom is 0.240 e. The number of benzene rings is 1. The maximum atomic E-state index is 12.1. The van der Waals surface area contributed by atoms with Crippen molar-refractivity contribution in [3.8, 4) is 0 Å². The van der Waals surface area contributed by atoms with Crippen LogP contribution in [0.3, 0.4) is 0 Å². The summed E-state index contributed by atoms with van der Waals surface area (Å²) in [5.74, 6) is 0.590. The molecule has 2 N–H and O–H groups in total. The Morgan fingerprint density at radius 2 is 2.26 bits per heavy atom. The molecule has 1 saturated heterocycles. The van der Waals surface area contributed by atoms with Crippen molar-refractivity contribution in [1.29, 1.82) is 0 Å². The van der Waals surface area contributed by atoms with Gasteiger partial charge in [-0.2, -0.15) is 0 Å². The average Bonchev–Trinajstić information content (AvgIpc) is 2.85. The summed E-state index contributed by atoms with van der Waals surface area (Å²) in [6.45, 7) is 4.47. The van der Waals surface area contributed by atoms with E-state index in [0.29, 0.717) is 17.4 Å². The Kier molecular flexibility index (Phi) is 5.00. The van der Waals surface area contributed by atoms with Crippen LogP contribution >= 0.6 is 15.9 Å². The molecule has 2 rings (SSSR count). The first-order valence-electron chi connectivity index (χ1n) is 6.45. The van der Waals surface area contributed by atoms with E-state index in [1.165, 1.54) is 0 Å². The lowest BCUT2D eigenvalue weighted by Gasteiger charge is -2.10. The van der Waals surface area contributed by atoms with Gasteiger partial charge in [0.15, 0.2) is 0 Å². The molecule has 1 heterocycles. The molecule has 0 saturated carbocycles. The van der Waals surface area contributed by atoms with Gasteiger partial charge in [-0.05, 0) is 56.5 Å². The van der Waals surface area contributed by atoms with Crippen LogP contribution in [0, 0.1) is 12.8 Å². The fourth-order valence-corrected chi connectivity index (χ4v) is 3.79. The average molecular weight is 347 g/mol. The molecule has 19 heavy (non-hydrogen) atoms. The van der Waals surface area contributed by atoms with Crippen LogP contribution in [0.15, 0.2) is 27.6 Å². The van der Waals surface area contributed by atoms with Crippen LogP contribution in [0.5, 0.6) is 0 Å². The predicted molar refractivity (Wildman–Crippen MR) is 79.7 cm³/mol. The van der Waals surface area contributed by atoms with Gasteiger partial charge >= 0.3 is 0 Å². The Bertz CT molecular complexity index is 540. The number of sulfonamides is 1. The molecule has 0 amide bonds. The molecule has 0 aliphatic carbocycles. The van der Waals surface area contributed by atoms with E-state index in [2.05, 4.69) is 26.0 Å². The van der Waals surface area contributed by atoms with Gasteiger partial charge in [-0.25, -0.2) is 13.1 Å². The fraction of sp³-hybridized carbons (Fsp3) is 0.538. The number of nitrogens with one attached hydrogen (secondary N) is 2. The maximum absolute atomic E-state index is 12.1. The van der Waals surface area contributed by atoms with E-state index < -0.39 is 10.0 Å². The molecule has 1 unspecified atom stereocenters. The number of aryl methyl sites for hydroxylation is 1. The molecule has 1 atom stereocenters. The summed E-state index contributed by atoms with van der Waals surface area (Å²) < 4.78 is 27.7. The minimum absolute atomic E-state index is 0.314. The largest absolute Gasteiger partial charge is 0.316 e. The van der Waals surface area contributed by atoms with Gasteiger partial charge in [0, 0.05) is 11.0 Å². The Balaban J connectivity index is 1.95. The van der Waals surface area contributed by atoms with Crippen molar-refractivity contribution in [2.75, 3.05) is 19.6 Å². The van der Waals surface area contributed by atoms with Gasteiger partial charge in [0.25, 0.3) is 0 Å². The predicted octanol–water partition coefficient (Wildman–Crippen LogP) is 2.04. The molecule has 1 aromatic rings. The zero-order chi connectivity index (χ0) is 13.9. The van der Waals surface area contributed by atoms with Crippen LogP contribution < -0.4 is 10.0 Å². The van der Waals surface area contributed by atoms with Gasteiger partial charge in [-0.15, -0.1) is 0 Å². The molecule has 1 fully saturated rings. The minimum Gasteiger partial charge on any atom is -0.316 e. The standard InChI is InChI=1S/C13H19BrN2O2S/c1-10-2-3-12(8-13(10)14)19(17,18)16-7-5-11-4-6-15-9-11/h2-3,8,11,15-16H,4-7,9H2,1H3. The first-order chi connectivity index (χ1) is 8.99. The quantitative estimate of drug-likeness (QED) is 0.857. The van der Waals surface area contributed by atoms with E-state index in [-0.39, 0.29) is 0 Å². The smallest absolute Gasteiger partial charge is 0.240 e. The number of hydrogen-bond acceptors (Lipinski definition) is 3. The van der Waals surface area contributed by atoms with Crippen molar-refractivity contribution in [2.24, 2.45) is 5.92 Å². The molecular formula is C13H19BrN2O2S. The number of hydrogen-bond donors (Lipinski definition) is 2. The van der Waals surface area contributed by atoms with Crippen LogP contribution in [0.1, 0.15) is 18.4 Å². The molecule has 0 aromatic heterocycles. The van der Waals surface area contributed by atoms with Crippen molar-refractivity contribution in [3.63, 3.8) is 0 Å². The highest BCUT2D eigenvalue weighted by Gasteiger charge is 2.17. The highest BCUT2D eigenvalue weighted by molar-refractivity contribution is 9.10. The van der Waals surface area contributed by atoms with E-state index in [4.69, 9.17) is 0 Å². The SMILES string of the molecule is Cc1ccc(S(=O)(=O)NCCC2CCNC2)cc1Br. The summed E-state index contributed by atoms with van der Waals surface area (Å²) in [6, 6.07) is 5.09. The monoisotopic (exact) mass is 346 g/mol. The highest BCUT2D eigenvalue weighted by atomic mass is 79.9. The zero-order valence-electron chi connectivity index (χ0n) is 10.9. The second kappa shape index (κ2) is 6.35. The lowest BCUT2D eigenvalue weighted by molar-refractivity contribution is 0.519. The van der Waals surface area contributed by atoms with Crippen LogP contribution in [0.4, 0.5) is 0 Å². The molecule has 106 valence electrons. The molecule has 6 heteroatoms. The van der Waals surface area contributed by atoms with E-state index in [9.17, 15) is 8.42 Å². The first kappa shape index (κ1) is 15.0. The van der Waals surface area contributed by atoms with Crippen molar-refractivity contribution in [1.82, 2.24) is 10.0 Å². The van der Waals surface area contributed by atoms with Crippen molar-refractivity contribution in [3.05, 3.63) is 28.2 Å². The van der Waals surface area contributed by atoms with E-state index in [1.54, 1.807) is 18.2 Å². The Labute approximate surface area is 123 Å². The van der Waals surface area contributed by atoms with E-state index in [1.807, 2.05) is 6.92 Å². The molecule has 1 aliphatic rings. The molecule has 1 aromatic carbocycles. The summed E-state index contributed by atoms with van der Waals surface area (Å²) >= 11 is 3.36. The van der Waals surface area contributed by atoms with Crippen molar-refractivity contribution in [2.45, 2.75) is 24.7 Å². The fourth-order valence-electron chi connectivity index (χ4n) is 2.18. The lowest BCUT2D eigenvalue weighted by atomic mass is 10.1. The summed E-state index contributed by atoms with van der Waals surface area (Å²) in [7, 11) is -3.39. The van der Waals surface area contributed by atoms with Gasteiger partial charge in [0.05, 0.1) is 4.90 Å². The van der Waals surface area contributed by atoms with Crippen molar-refractivity contribution >= 4 is 26.0 Å². The molecule has 0 spiro atoms. The third-order valence-corrected chi connectivity index (χ3v) is 5.77. The normalized spacial score (nSPS) is 19.8. The summed E-state index contributed by atoms with van der Waals surface area (Å²) in [6.07, 6.45) is 2.02. The van der Waals surface area contributed by atoms with E-state index >= 15 is 0 Å². The summed E-state index contributed by atoms with van der Waals surface area (Å²) in [5.41, 5.74) is 1.02. The first-order valence-corrected chi connectivity index (χ1v) is 8.73. The van der Waals surface area contributed by atoms with Gasteiger partial charge in [-0.3, -0.25) is 0 Å². The second-order valence-electron chi connectivity index (χ2n) is 4.96. The zero-order valence-corrected chi connectivity index (χ0v) is 13.4. The number of halogens is 1. The van der Waals surface area contributed by atoms with Gasteiger partial charge in [0.2, 0.25) is 10.0 Å². The summed E-state index contributed by atoms with van der Waals surface area (Å²) in [4.78, 5) is 0.314. The Morgan fingerprint density at radius 1 is 1.47 bits per heavy atom. The topological polar surface area (TPSA) is 58.2 Å². The third kappa shape index (κ3) is 4.02. The number of rotatable bonds is 5. The van der Waals surface area contributed by atoms with Gasteiger partial charge in [0.1, 0.15) is 0 Å². The second-order valence-corrected chi connectivity index (χ2v) is 7.58. The third-order valence-electron chi connectivity index (χ3n) is 3.46. The Morgan fingerprint density at radius 3 is 2.89 bits per heavy atom. The van der Waals surface area contributed by atoms with Crippen LogP contribution in [0.2, 0.25) is 0 Å². The Hall–Kier alpha value is -0.430.